The van der Waals surface area contributed by atoms with Crippen molar-refractivity contribution < 1.29 is 0 Å². The summed E-state index contributed by atoms with van der Waals surface area (Å²) in [5.41, 5.74) is 1.15. The van der Waals surface area contributed by atoms with Crippen LogP contribution in [0.5, 0.6) is 0 Å². The molecule has 1 fully saturated rings. The van der Waals surface area contributed by atoms with Crippen molar-refractivity contribution >= 4 is 0 Å². The van der Waals surface area contributed by atoms with Gasteiger partial charge in [-0.05, 0) is 43.7 Å². The summed E-state index contributed by atoms with van der Waals surface area (Å²) in [7, 11) is 0. The summed E-state index contributed by atoms with van der Waals surface area (Å²) in [6.07, 6.45) is 9.21. The Morgan fingerprint density at radius 1 is 1.44 bits per heavy atom. The van der Waals surface area contributed by atoms with E-state index in [0.29, 0.717) is 12.1 Å². The molecule has 1 aromatic heterocycles. The first kappa shape index (κ1) is 10.0. The molecule has 0 aromatic carbocycles. The van der Waals surface area contributed by atoms with Gasteiger partial charge in [0.25, 0.3) is 0 Å². The van der Waals surface area contributed by atoms with Gasteiger partial charge in [-0.25, -0.2) is 0 Å². The Kier molecular flexibility index (Phi) is 2.52. The minimum absolute atomic E-state index is 0.362. The Labute approximate surface area is 96.8 Å². The van der Waals surface area contributed by atoms with E-state index in [9.17, 15) is 0 Å². The van der Waals surface area contributed by atoms with Gasteiger partial charge in [0, 0.05) is 18.3 Å². The Morgan fingerprint density at radius 2 is 2.38 bits per heavy atom. The number of nitrogens with one attached hydrogen (secondary N) is 1. The van der Waals surface area contributed by atoms with E-state index in [4.69, 9.17) is 0 Å². The van der Waals surface area contributed by atoms with E-state index in [-0.39, 0.29) is 0 Å². The summed E-state index contributed by atoms with van der Waals surface area (Å²) in [4.78, 5) is 4.40. The van der Waals surface area contributed by atoms with E-state index >= 15 is 0 Å². The van der Waals surface area contributed by atoms with E-state index in [1.54, 1.807) is 0 Å². The van der Waals surface area contributed by atoms with Gasteiger partial charge in [0.1, 0.15) is 0 Å². The smallest absolute Gasteiger partial charge is 0.0570 e. The third-order valence-electron chi connectivity index (χ3n) is 3.96. The Balaban J connectivity index is 1.61. The maximum absolute atomic E-state index is 4.40. The molecular formula is C14H18N2. The van der Waals surface area contributed by atoms with E-state index in [0.717, 1.165) is 17.5 Å². The van der Waals surface area contributed by atoms with Gasteiger partial charge in [0.2, 0.25) is 0 Å². The maximum atomic E-state index is 4.40. The van der Waals surface area contributed by atoms with Crippen LogP contribution >= 0.6 is 0 Å². The second-order valence-corrected chi connectivity index (χ2v) is 4.99. The molecule has 84 valence electrons. The van der Waals surface area contributed by atoms with Crippen molar-refractivity contribution in [2.75, 3.05) is 0 Å². The topological polar surface area (TPSA) is 24.9 Å². The lowest BCUT2D eigenvalue weighted by atomic mass is 9.71. The fraction of sp³-hybridized carbons (Fsp3) is 0.500. The number of fused-ring (bicyclic) bond motifs is 1. The molecule has 1 aromatic rings. The van der Waals surface area contributed by atoms with Crippen LogP contribution in [0.4, 0.5) is 0 Å². The molecule has 2 aliphatic rings. The summed E-state index contributed by atoms with van der Waals surface area (Å²) in [6, 6.07) is 7.15. The number of allylic oxidation sites excluding steroid dienone is 1. The zero-order chi connectivity index (χ0) is 11.0. The lowest BCUT2D eigenvalue weighted by Gasteiger charge is -2.42. The van der Waals surface area contributed by atoms with Crippen LogP contribution in [0.2, 0.25) is 0 Å². The normalized spacial score (nSPS) is 33.2. The van der Waals surface area contributed by atoms with Gasteiger partial charge in [-0.15, -0.1) is 0 Å². The molecule has 0 bridgehead atoms. The van der Waals surface area contributed by atoms with Crippen LogP contribution in [0, 0.1) is 11.8 Å². The maximum Gasteiger partial charge on any atom is 0.0570 e. The van der Waals surface area contributed by atoms with E-state index in [1.807, 2.05) is 12.3 Å². The van der Waals surface area contributed by atoms with Crippen LogP contribution in [0.15, 0.2) is 36.5 Å². The molecule has 3 rings (SSSR count). The summed E-state index contributed by atoms with van der Waals surface area (Å²) < 4.78 is 0. The first-order chi connectivity index (χ1) is 7.84. The van der Waals surface area contributed by atoms with Gasteiger partial charge in [0.15, 0.2) is 0 Å². The quantitative estimate of drug-likeness (QED) is 0.782. The van der Waals surface area contributed by atoms with Gasteiger partial charge in [-0.1, -0.05) is 18.2 Å². The summed E-state index contributed by atoms with van der Waals surface area (Å²) in [5, 5.41) is 3.69. The number of aromatic nitrogens is 1. The molecule has 1 saturated carbocycles. The number of hydrogen-bond acceptors (Lipinski definition) is 2. The SMILES string of the molecule is CC(NC1CC2CC=CC21)c1ccccn1. The highest BCUT2D eigenvalue weighted by molar-refractivity contribution is 5.15. The van der Waals surface area contributed by atoms with Gasteiger partial charge in [-0.2, -0.15) is 0 Å². The number of pyridine rings is 1. The lowest BCUT2D eigenvalue weighted by Crippen LogP contribution is -2.48. The molecule has 2 nitrogen and oxygen atoms in total. The van der Waals surface area contributed by atoms with Gasteiger partial charge in [0.05, 0.1) is 5.69 Å². The molecule has 1 heterocycles. The molecule has 2 aliphatic carbocycles. The Bertz CT molecular complexity index is 385. The molecule has 4 atom stereocenters. The molecule has 0 saturated heterocycles. The van der Waals surface area contributed by atoms with Crippen LogP contribution in [-0.2, 0) is 0 Å². The molecule has 0 amide bonds. The lowest BCUT2D eigenvalue weighted by molar-refractivity contribution is 0.152. The predicted octanol–water partition coefficient (Wildman–Crippen LogP) is 2.70. The second-order valence-electron chi connectivity index (χ2n) is 4.99. The van der Waals surface area contributed by atoms with Crippen LogP contribution in [0.25, 0.3) is 0 Å². The van der Waals surface area contributed by atoms with Gasteiger partial charge < -0.3 is 5.32 Å². The second kappa shape index (κ2) is 4.02. The molecule has 16 heavy (non-hydrogen) atoms. The van der Waals surface area contributed by atoms with Crippen LogP contribution in [0.1, 0.15) is 31.5 Å². The fourth-order valence-corrected chi connectivity index (χ4v) is 2.95. The standard InChI is InChI=1S/C14H18N2/c1-10(13-7-2-3-8-15-13)16-14-9-11-5-4-6-12(11)14/h2-4,6-8,10-12,14,16H,5,9H2,1H3. The van der Waals surface area contributed by atoms with Crippen molar-refractivity contribution in [1.82, 2.24) is 10.3 Å². The average molecular weight is 214 g/mol. The highest BCUT2D eigenvalue weighted by Crippen LogP contribution is 2.43. The van der Waals surface area contributed by atoms with E-state index < -0.39 is 0 Å². The molecule has 1 N–H and O–H groups in total. The minimum atomic E-state index is 0.362. The van der Waals surface area contributed by atoms with Crippen molar-refractivity contribution in [3.8, 4) is 0 Å². The molecule has 2 heteroatoms. The zero-order valence-electron chi connectivity index (χ0n) is 9.63. The van der Waals surface area contributed by atoms with E-state index in [2.05, 4.69) is 41.5 Å². The highest BCUT2D eigenvalue weighted by Gasteiger charge is 2.41. The summed E-state index contributed by atoms with van der Waals surface area (Å²) in [5.74, 6) is 1.71. The third kappa shape index (κ3) is 1.67. The Hall–Kier alpha value is -1.15. The Morgan fingerprint density at radius 3 is 3.12 bits per heavy atom. The zero-order valence-corrected chi connectivity index (χ0v) is 9.63. The minimum Gasteiger partial charge on any atom is -0.305 e. The number of hydrogen-bond donors (Lipinski definition) is 1. The molecule has 0 aliphatic heterocycles. The number of nitrogens with zero attached hydrogens (tertiary/aromatic N) is 1. The predicted molar refractivity (Wildman–Crippen MR) is 64.9 cm³/mol. The van der Waals surface area contributed by atoms with Crippen molar-refractivity contribution in [2.45, 2.75) is 31.8 Å². The summed E-state index contributed by atoms with van der Waals surface area (Å²) in [6.45, 7) is 2.20. The van der Waals surface area contributed by atoms with Crippen molar-refractivity contribution in [3.63, 3.8) is 0 Å². The largest absolute Gasteiger partial charge is 0.305 e. The fourth-order valence-electron chi connectivity index (χ4n) is 2.95. The first-order valence-corrected chi connectivity index (χ1v) is 6.18. The van der Waals surface area contributed by atoms with E-state index in [1.165, 1.54) is 12.8 Å². The van der Waals surface area contributed by atoms with Crippen molar-refractivity contribution in [1.29, 1.82) is 0 Å². The molecular weight excluding hydrogens is 196 g/mol. The van der Waals surface area contributed by atoms with Gasteiger partial charge in [-0.3, -0.25) is 4.98 Å². The molecule has 4 unspecified atom stereocenters. The van der Waals surface area contributed by atoms with Crippen molar-refractivity contribution in [2.24, 2.45) is 11.8 Å². The van der Waals surface area contributed by atoms with Crippen LogP contribution in [-0.4, -0.2) is 11.0 Å². The molecule has 0 spiro atoms. The van der Waals surface area contributed by atoms with Crippen molar-refractivity contribution in [3.05, 3.63) is 42.2 Å². The van der Waals surface area contributed by atoms with Gasteiger partial charge >= 0.3 is 0 Å². The first-order valence-electron chi connectivity index (χ1n) is 6.18. The number of rotatable bonds is 3. The summed E-state index contributed by atoms with van der Waals surface area (Å²) >= 11 is 0. The highest BCUT2D eigenvalue weighted by atomic mass is 15.0. The average Bonchev–Trinajstić information content (AvgIpc) is 2.68. The van der Waals surface area contributed by atoms with Crippen LogP contribution in [0.3, 0.4) is 0 Å². The third-order valence-corrected chi connectivity index (χ3v) is 3.96. The molecule has 0 radical (unpaired) electrons. The van der Waals surface area contributed by atoms with Crippen LogP contribution < -0.4 is 5.32 Å². The monoisotopic (exact) mass is 214 g/mol.